The molecular formula is C19H24F3N5O5S. The van der Waals surface area contributed by atoms with Gasteiger partial charge >= 0.3 is 12.2 Å². The molecule has 1 aromatic carbocycles. The highest BCUT2D eigenvalue weighted by Crippen LogP contribution is 2.35. The van der Waals surface area contributed by atoms with Gasteiger partial charge in [-0.3, -0.25) is 19.9 Å². The lowest BCUT2D eigenvalue weighted by atomic mass is 10.00. The maximum absolute atomic E-state index is 13.3. The fraction of sp³-hybridized carbons (Fsp3) is 0.526. The highest BCUT2D eigenvalue weighted by atomic mass is 32.2. The van der Waals surface area contributed by atoms with Crippen molar-refractivity contribution in [1.82, 2.24) is 25.0 Å². The van der Waals surface area contributed by atoms with Crippen LogP contribution in [0.3, 0.4) is 0 Å². The first kappa shape index (κ1) is 24.9. The minimum Gasteiger partial charge on any atom is -0.322 e. The molecule has 0 radical (unpaired) electrons. The smallest absolute Gasteiger partial charge is 0.322 e. The highest BCUT2D eigenvalue weighted by molar-refractivity contribution is 7.89. The van der Waals surface area contributed by atoms with E-state index >= 15 is 0 Å². The van der Waals surface area contributed by atoms with Crippen LogP contribution < -0.4 is 10.7 Å². The lowest BCUT2D eigenvalue weighted by molar-refractivity contribution is -0.140. The van der Waals surface area contributed by atoms with E-state index in [4.69, 9.17) is 0 Å². The maximum atomic E-state index is 13.3. The highest BCUT2D eigenvalue weighted by Gasteiger charge is 2.47. The van der Waals surface area contributed by atoms with E-state index in [1.165, 1.54) is 13.0 Å². The number of amides is 4. The number of urea groups is 1. The summed E-state index contributed by atoms with van der Waals surface area (Å²) in [5.41, 5.74) is -0.110. The van der Waals surface area contributed by atoms with E-state index in [1.807, 2.05) is 0 Å². The molecule has 1 atom stereocenters. The first-order chi connectivity index (χ1) is 15.3. The molecule has 10 nitrogen and oxygen atoms in total. The summed E-state index contributed by atoms with van der Waals surface area (Å²) < 4.78 is 66.3. The molecule has 2 saturated heterocycles. The van der Waals surface area contributed by atoms with Gasteiger partial charge in [-0.15, -0.1) is 0 Å². The van der Waals surface area contributed by atoms with Gasteiger partial charge in [0.15, 0.2) is 0 Å². The van der Waals surface area contributed by atoms with Crippen molar-refractivity contribution in [2.75, 3.05) is 32.7 Å². The number of carbonyl (C=O) groups excluding carboxylic acids is 3. The number of sulfonamides is 1. The van der Waals surface area contributed by atoms with Gasteiger partial charge in [0.05, 0.1) is 17.0 Å². The van der Waals surface area contributed by atoms with Crippen LogP contribution in [0.1, 0.15) is 25.8 Å². The predicted octanol–water partition coefficient (Wildman–Crippen LogP) is 0.763. The molecule has 2 aliphatic heterocycles. The first-order valence-electron chi connectivity index (χ1n) is 10.1. The number of hydrazine groups is 1. The van der Waals surface area contributed by atoms with Gasteiger partial charge in [0.1, 0.15) is 5.54 Å². The molecular weight excluding hydrogens is 467 g/mol. The van der Waals surface area contributed by atoms with Crippen molar-refractivity contribution in [1.29, 1.82) is 0 Å². The SMILES string of the molecule is CCC1(C)NC(=O)N(NC(=O)CN2CCN(S(=O)(=O)c3ccccc3C(F)(F)F)CC2)C1=O. The van der Waals surface area contributed by atoms with E-state index in [0.717, 1.165) is 16.4 Å². The van der Waals surface area contributed by atoms with Crippen molar-refractivity contribution in [3.05, 3.63) is 29.8 Å². The summed E-state index contributed by atoms with van der Waals surface area (Å²) in [5.74, 6) is -1.25. The van der Waals surface area contributed by atoms with Crippen molar-refractivity contribution in [2.24, 2.45) is 0 Å². The van der Waals surface area contributed by atoms with Gasteiger partial charge in [0, 0.05) is 26.2 Å². The number of carbonyl (C=O) groups is 3. The van der Waals surface area contributed by atoms with Gasteiger partial charge in [0.2, 0.25) is 10.0 Å². The second kappa shape index (κ2) is 8.91. The zero-order chi connectivity index (χ0) is 24.6. The third kappa shape index (κ3) is 4.96. The van der Waals surface area contributed by atoms with Gasteiger partial charge in [-0.1, -0.05) is 19.1 Å². The van der Waals surface area contributed by atoms with Crippen molar-refractivity contribution >= 4 is 27.9 Å². The number of nitrogens with one attached hydrogen (secondary N) is 2. The van der Waals surface area contributed by atoms with Crippen LogP contribution in [0.5, 0.6) is 0 Å². The number of alkyl halides is 3. The van der Waals surface area contributed by atoms with Crippen LogP contribution in [-0.2, 0) is 25.8 Å². The second-order valence-corrected chi connectivity index (χ2v) is 9.87. The molecule has 14 heteroatoms. The molecule has 2 aliphatic rings. The molecule has 2 fully saturated rings. The van der Waals surface area contributed by atoms with E-state index in [1.54, 1.807) is 11.8 Å². The Morgan fingerprint density at radius 1 is 1.15 bits per heavy atom. The van der Waals surface area contributed by atoms with Crippen LogP contribution in [0.2, 0.25) is 0 Å². The molecule has 1 unspecified atom stereocenters. The van der Waals surface area contributed by atoms with Gasteiger partial charge in [-0.05, 0) is 25.5 Å². The van der Waals surface area contributed by atoms with E-state index in [0.29, 0.717) is 17.5 Å². The Morgan fingerprint density at radius 2 is 1.76 bits per heavy atom. The number of imide groups is 1. The number of rotatable bonds is 6. The van der Waals surface area contributed by atoms with Crippen LogP contribution in [0.25, 0.3) is 0 Å². The average Bonchev–Trinajstić information content (AvgIpc) is 2.97. The molecule has 2 N–H and O–H groups in total. The van der Waals surface area contributed by atoms with E-state index in [2.05, 4.69) is 10.7 Å². The van der Waals surface area contributed by atoms with Crippen molar-refractivity contribution < 1.29 is 36.0 Å². The Kier molecular flexibility index (Phi) is 6.73. The number of hydrogen-bond acceptors (Lipinski definition) is 6. The lowest BCUT2D eigenvalue weighted by Gasteiger charge is -2.34. The van der Waals surface area contributed by atoms with Gasteiger partial charge in [0.25, 0.3) is 11.8 Å². The third-order valence-electron chi connectivity index (χ3n) is 5.71. The predicted molar refractivity (Wildman–Crippen MR) is 109 cm³/mol. The third-order valence-corrected chi connectivity index (χ3v) is 7.67. The number of halogens is 3. The van der Waals surface area contributed by atoms with Crippen molar-refractivity contribution in [3.63, 3.8) is 0 Å². The zero-order valence-corrected chi connectivity index (χ0v) is 18.8. The summed E-state index contributed by atoms with van der Waals surface area (Å²) in [5, 5.41) is 3.11. The van der Waals surface area contributed by atoms with Gasteiger partial charge < -0.3 is 5.32 Å². The lowest BCUT2D eigenvalue weighted by Crippen LogP contribution is -2.54. The van der Waals surface area contributed by atoms with Crippen LogP contribution in [0, 0.1) is 0 Å². The van der Waals surface area contributed by atoms with Crippen molar-refractivity contribution in [2.45, 2.75) is 36.9 Å². The number of piperazine rings is 1. The summed E-state index contributed by atoms with van der Waals surface area (Å²) >= 11 is 0. The number of nitrogens with zero attached hydrogens (tertiary/aromatic N) is 3. The first-order valence-corrected chi connectivity index (χ1v) is 11.6. The van der Waals surface area contributed by atoms with Gasteiger partial charge in [-0.25, -0.2) is 13.2 Å². The zero-order valence-electron chi connectivity index (χ0n) is 18.0. The standard InChI is InChI=1S/C19H24F3N5O5S/c1-3-18(2)16(29)27(17(30)23-18)24-15(28)12-25-8-10-26(11-9-25)33(31,32)14-7-5-4-6-13(14)19(20,21)22/h4-7H,3,8-12H2,1-2H3,(H,23,30)(H,24,28). The fourth-order valence-electron chi connectivity index (χ4n) is 3.58. The molecule has 0 saturated carbocycles. The summed E-state index contributed by atoms with van der Waals surface area (Å²) in [6.45, 7) is 2.92. The monoisotopic (exact) mass is 491 g/mol. The molecule has 4 amide bonds. The number of benzene rings is 1. The molecule has 0 aliphatic carbocycles. The van der Waals surface area contributed by atoms with E-state index < -0.39 is 50.0 Å². The number of hydrogen-bond donors (Lipinski definition) is 2. The van der Waals surface area contributed by atoms with Crippen LogP contribution >= 0.6 is 0 Å². The molecule has 182 valence electrons. The van der Waals surface area contributed by atoms with Crippen LogP contribution in [0.4, 0.5) is 18.0 Å². The normalized spacial score (nSPS) is 23.0. The average molecular weight is 491 g/mol. The molecule has 0 bridgehead atoms. The summed E-state index contributed by atoms with van der Waals surface area (Å²) in [7, 11) is -4.40. The fourth-order valence-corrected chi connectivity index (χ4v) is 5.22. The molecule has 1 aromatic rings. The van der Waals surface area contributed by atoms with E-state index in [9.17, 15) is 36.0 Å². The Bertz CT molecular complexity index is 1060. The molecule has 0 spiro atoms. The van der Waals surface area contributed by atoms with E-state index in [-0.39, 0.29) is 32.7 Å². The van der Waals surface area contributed by atoms with Crippen molar-refractivity contribution in [3.8, 4) is 0 Å². The van der Waals surface area contributed by atoms with Crippen LogP contribution in [-0.4, -0.2) is 78.7 Å². The summed E-state index contributed by atoms with van der Waals surface area (Å²) in [6, 6.07) is 3.22. The minimum absolute atomic E-state index is 0.0770. The molecule has 33 heavy (non-hydrogen) atoms. The largest absolute Gasteiger partial charge is 0.417 e. The van der Waals surface area contributed by atoms with Crippen LogP contribution in [0.15, 0.2) is 29.2 Å². The molecule has 2 heterocycles. The summed E-state index contributed by atoms with van der Waals surface area (Å²) in [6.07, 6.45) is -4.49. The molecule has 3 rings (SSSR count). The second-order valence-electron chi connectivity index (χ2n) is 7.97. The maximum Gasteiger partial charge on any atom is 0.417 e. The van der Waals surface area contributed by atoms with Gasteiger partial charge in [-0.2, -0.15) is 22.5 Å². The molecule has 0 aromatic heterocycles. The Morgan fingerprint density at radius 3 is 2.30 bits per heavy atom. The quantitative estimate of drug-likeness (QED) is 0.568. The topological polar surface area (TPSA) is 119 Å². The Labute approximate surface area is 188 Å². The Hall–Kier alpha value is -2.71. The summed E-state index contributed by atoms with van der Waals surface area (Å²) in [4.78, 5) is 37.4. The Balaban J connectivity index is 1.60. The minimum atomic E-state index is -4.82.